The molecule has 0 aliphatic rings. The Kier molecular flexibility index (Phi) is 3.62. The minimum Gasteiger partial charge on any atom is -0.274 e. The molecule has 2 N–H and O–H groups in total. The molecule has 0 saturated heterocycles. The second-order valence-corrected chi connectivity index (χ2v) is 4.76. The first kappa shape index (κ1) is 12.6. The molecule has 0 aliphatic heterocycles. The number of hydrazine groups is 1. The van der Waals surface area contributed by atoms with E-state index in [2.05, 4.69) is 26.8 Å². The van der Waals surface area contributed by atoms with E-state index < -0.39 is 0 Å². The zero-order valence-electron chi connectivity index (χ0n) is 9.66. The molecular formula is C13H11BrN2O2. The normalized spacial score (nSPS) is 10.1. The first-order valence-electron chi connectivity index (χ1n) is 5.32. The molecule has 0 fully saturated rings. The second-order valence-electron chi connectivity index (χ2n) is 3.84. The number of hydrogen-bond donors (Lipinski definition) is 2. The summed E-state index contributed by atoms with van der Waals surface area (Å²) in [6, 6.07) is 11.2. The highest BCUT2D eigenvalue weighted by Gasteiger charge is 2.06. The van der Waals surface area contributed by atoms with Gasteiger partial charge in [0.25, 0.3) is 5.91 Å². The van der Waals surface area contributed by atoms with Gasteiger partial charge in [0.1, 0.15) is 0 Å². The summed E-state index contributed by atoms with van der Waals surface area (Å²) < 4.78 is 0.991. The van der Waals surface area contributed by atoms with Crippen molar-refractivity contribution in [2.45, 2.75) is 6.92 Å². The SMILES string of the molecule is CC(=O)NNC(=O)c1ccc2cc(Br)ccc2c1. The minimum absolute atomic E-state index is 0.312. The van der Waals surface area contributed by atoms with Gasteiger partial charge in [-0.25, -0.2) is 0 Å². The summed E-state index contributed by atoms with van der Waals surface area (Å²) in [6.07, 6.45) is 0. The van der Waals surface area contributed by atoms with Gasteiger partial charge < -0.3 is 0 Å². The van der Waals surface area contributed by atoms with Crippen molar-refractivity contribution in [2.75, 3.05) is 0 Å². The summed E-state index contributed by atoms with van der Waals surface area (Å²) in [4.78, 5) is 22.4. The van der Waals surface area contributed by atoms with Gasteiger partial charge in [-0.15, -0.1) is 0 Å². The van der Waals surface area contributed by atoms with E-state index in [0.29, 0.717) is 5.56 Å². The van der Waals surface area contributed by atoms with E-state index in [1.54, 1.807) is 12.1 Å². The van der Waals surface area contributed by atoms with E-state index in [0.717, 1.165) is 15.2 Å². The Morgan fingerprint density at radius 2 is 1.67 bits per heavy atom. The number of fused-ring (bicyclic) bond motifs is 1. The summed E-state index contributed by atoms with van der Waals surface area (Å²) in [5.41, 5.74) is 5.08. The number of rotatable bonds is 1. The van der Waals surface area contributed by atoms with Crippen LogP contribution in [0.2, 0.25) is 0 Å². The third-order valence-electron chi connectivity index (χ3n) is 2.42. The van der Waals surface area contributed by atoms with Gasteiger partial charge in [-0.3, -0.25) is 20.4 Å². The van der Waals surface area contributed by atoms with Crippen LogP contribution in [0.25, 0.3) is 10.8 Å². The van der Waals surface area contributed by atoms with Crippen LogP contribution in [0.4, 0.5) is 0 Å². The van der Waals surface area contributed by atoms with E-state index in [9.17, 15) is 9.59 Å². The maximum atomic E-state index is 11.7. The van der Waals surface area contributed by atoms with Gasteiger partial charge in [0.2, 0.25) is 5.91 Å². The van der Waals surface area contributed by atoms with Gasteiger partial charge >= 0.3 is 0 Å². The van der Waals surface area contributed by atoms with E-state index in [4.69, 9.17) is 0 Å². The molecule has 0 saturated carbocycles. The van der Waals surface area contributed by atoms with Crippen molar-refractivity contribution in [1.29, 1.82) is 0 Å². The van der Waals surface area contributed by atoms with E-state index in [-0.39, 0.29) is 11.8 Å². The van der Waals surface area contributed by atoms with E-state index in [1.165, 1.54) is 6.92 Å². The van der Waals surface area contributed by atoms with Crippen molar-refractivity contribution in [2.24, 2.45) is 0 Å². The van der Waals surface area contributed by atoms with Crippen molar-refractivity contribution >= 4 is 38.5 Å². The van der Waals surface area contributed by atoms with Gasteiger partial charge in [0, 0.05) is 17.0 Å². The van der Waals surface area contributed by atoms with Gasteiger partial charge in [-0.2, -0.15) is 0 Å². The average molecular weight is 307 g/mol. The first-order valence-corrected chi connectivity index (χ1v) is 6.12. The summed E-state index contributed by atoms with van der Waals surface area (Å²) in [5, 5.41) is 2.01. The highest BCUT2D eigenvalue weighted by molar-refractivity contribution is 9.10. The molecule has 18 heavy (non-hydrogen) atoms. The number of nitrogens with one attached hydrogen (secondary N) is 2. The first-order chi connectivity index (χ1) is 8.56. The van der Waals surface area contributed by atoms with Gasteiger partial charge in [-0.1, -0.05) is 28.1 Å². The van der Waals surface area contributed by atoms with Crippen molar-refractivity contribution in [3.8, 4) is 0 Å². The van der Waals surface area contributed by atoms with Crippen LogP contribution in [0, 0.1) is 0 Å². The molecule has 2 aromatic rings. The Bertz CT molecular complexity index is 625. The highest BCUT2D eigenvalue weighted by Crippen LogP contribution is 2.20. The van der Waals surface area contributed by atoms with Crippen molar-refractivity contribution in [3.05, 3.63) is 46.4 Å². The van der Waals surface area contributed by atoms with Gasteiger partial charge in [0.05, 0.1) is 0 Å². The number of carbonyl (C=O) groups is 2. The molecule has 0 bridgehead atoms. The predicted octanol–water partition coefficient (Wildman–Crippen LogP) is 2.38. The molecule has 0 radical (unpaired) electrons. The molecule has 0 spiro atoms. The van der Waals surface area contributed by atoms with Crippen LogP contribution in [0.1, 0.15) is 17.3 Å². The molecule has 4 nitrogen and oxygen atoms in total. The van der Waals surface area contributed by atoms with E-state index >= 15 is 0 Å². The lowest BCUT2D eigenvalue weighted by molar-refractivity contribution is -0.119. The monoisotopic (exact) mass is 306 g/mol. The topological polar surface area (TPSA) is 58.2 Å². The lowest BCUT2D eigenvalue weighted by atomic mass is 10.1. The van der Waals surface area contributed by atoms with Crippen LogP contribution in [0.15, 0.2) is 40.9 Å². The van der Waals surface area contributed by atoms with Gasteiger partial charge in [0.15, 0.2) is 0 Å². The number of benzene rings is 2. The van der Waals surface area contributed by atoms with Crippen LogP contribution < -0.4 is 10.9 Å². The average Bonchev–Trinajstić information content (AvgIpc) is 2.35. The third-order valence-corrected chi connectivity index (χ3v) is 2.91. The Hall–Kier alpha value is -1.88. The van der Waals surface area contributed by atoms with Crippen LogP contribution in [0.3, 0.4) is 0 Å². The highest BCUT2D eigenvalue weighted by atomic mass is 79.9. The molecule has 0 unspecified atom stereocenters. The second kappa shape index (κ2) is 5.18. The zero-order valence-corrected chi connectivity index (χ0v) is 11.2. The Morgan fingerprint density at radius 1 is 1.00 bits per heavy atom. The molecule has 0 atom stereocenters. The molecule has 2 aromatic carbocycles. The molecular weight excluding hydrogens is 296 g/mol. The standard InChI is InChI=1S/C13H11BrN2O2/c1-8(17)15-16-13(18)11-3-2-10-7-12(14)5-4-9(10)6-11/h2-7H,1H3,(H,15,17)(H,16,18). The fourth-order valence-electron chi connectivity index (χ4n) is 1.57. The lowest BCUT2D eigenvalue weighted by Crippen LogP contribution is -2.40. The minimum atomic E-state index is -0.338. The Balaban J connectivity index is 2.27. The molecule has 2 amide bonds. The molecule has 0 heterocycles. The smallest absolute Gasteiger partial charge is 0.269 e. The summed E-state index contributed by atoms with van der Waals surface area (Å²) in [7, 11) is 0. The summed E-state index contributed by atoms with van der Waals surface area (Å²) >= 11 is 3.39. The van der Waals surface area contributed by atoms with E-state index in [1.807, 2.05) is 24.3 Å². The maximum Gasteiger partial charge on any atom is 0.269 e. The fraction of sp³-hybridized carbons (Fsp3) is 0.0769. The maximum absolute atomic E-state index is 11.7. The Morgan fingerprint density at radius 3 is 2.39 bits per heavy atom. The number of amides is 2. The van der Waals surface area contributed by atoms with Crippen LogP contribution in [-0.4, -0.2) is 11.8 Å². The largest absolute Gasteiger partial charge is 0.274 e. The van der Waals surface area contributed by atoms with Crippen LogP contribution >= 0.6 is 15.9 Å². The molecule has 0 aliphatic carbocycles. The molecule has 2 rings (SSSR count). The number of hydrogen-bond acceptors (Lipinski definition) is 2. The molecule has 5 heteroatoms. The summed E-state index contributed by atoms with van der Waals surface area (Å²) in [6.45, 7) is 1.33. The van der Waals surface area contributed by atoms with Crippen molar-refractivity contribution in [3.63, 3.8) is 0 Å². The number of carbonyl (C=O) groups excluding carboxylic acids is 2. The predicted molar refractivity (Wildman–Crippen MR) is 72.9 cm³/mol. The molecule has 0 aromatic heterocycles. The van der Waals surface area contributed by atoms with Crippen LogP contribution in [0.5, 0.6) is 0 Å². The lowest BCUT2D eigenvalue weighted by Gasteiger charge is -2.06. The Labute approximate surface area is 112 Å². The van der Waals surface area contributed by atoms with Crippen LogP contribution in [-0.2, 0) is 4.79 Å². The summed E-state index contributed by atoms with van der Waals surface area (Å²) in [5.74, 6) is -0.650. The quantitative estimate of drug-likeness (QED) is 0.795. The molecule has 92 valence electrons. The van der Waals surface area contributed by atoms with Crippen molar-refractivity contribution in [1.82, 2.24) is 10.9 Å². The van der Waals surface area contributed by atoms with Crippen molar-refractivity contribution < 1.29 is 9.59 Å². The third kappa shape index (κ3) is 2.87. The fourth-order valence-corrected chi connectivity index (χ4v) is 1.95. The number of halogens is 1. The van der Waals surface area contributed by atoms with Gasteiger partial charge in [-0.05, 0) is 35.0 Å². The zero-order chi connectivity index (χ0) is 13.1.